The molecule has 2 unspecified atom stereocenters. The number of methoxy groups -OCH3 is 1. The maximum absolute atomic E-state index is 9.00. The third-order valence-corrected chi connectivity index (χ3v) is 2.75. The first-order chi connectivity index (χ1) is 7.36. The quantitative estimate of drug-likeness (QED) is 0.583. The third kappa shape index (κ3) is 5.47. The summed E-state index contributed by atoms with van der Waals surface area (Å²) in [4.78, 5) is 0. The minimum atomic E-state index is 0.0690. The number of nitrogens with one attached hydrogen (secondary N) is 1. The van der Waals surface area contributed by atoms with Crippen LogP contribution in [0.15, 0.2) is 0 Å². The fourth-order valence-electron chi connectivity index (χ4n) is 1.89. The van der Waals surface area contributed by atoms with E-state index in [0.717, 1.165) is 26.0 Å². The van der Waals surface area contributed by atoms with Crippen LogP contribution in [0.2, 0.25) is 0 Å². The molecule has 4 nitrogen and oxygen atoms in total. The van der Waals surface area contributed by atoms with Gasteiger partial charge >= 0.3 is 0 Å². The molecule has 0 saturated carbocycles. The maximum Gasteiger partial charge on any atom is 0.0638 e. The molecule has 1 heterocycles. The van der Waals surface area contributed by atoms with Crippen molar-refractivity contribution in [3.63, 3.8) is 0 Å². The molecule has 0 aromatic heterocycles. The van der Waals surface area contributed by atoms with Gasteiger partial charge in [-0.1, -0.05) is 0 Å². The first-order valence-corrected chi connectivity index (χ1v) is 5.81. The van der Waals surface area contributed by atoms with Crippen molar-refractivity contribution < 1.29 is 14.6 Å². The molecule has 4 heteroatoms. The van der Waals surface area contributed by atoms with Gasteiger partial charge in [-0.15, -0.1) is 0 Å². The molecule has 90 valence electrons. The van der Waals surface area contributed by atoms with Gasteiger partial charge in [0.1, 0.15) is 0 Å². The lowest BCUT2D eigenvalue weighted by Gasteiger charge is -2.15. The van der Waals surface area contributed by atoms with Crippen LogP contribution in [0.5, 0.6) is 0 Å². The summed E-state index contributed by atoms with van der Waals surface area (Å²) in [6.45, 7) is 2.56. The van der Waals surface area contributed by atoms with Gasteiger partial charge in [0.15, 0.2) is 0 Å². The van der Waals surface area contributed by atoms with E-state index in [2.05, 4.69) is 5.32 Å². The summed E-state index contributed by atoms with van der Waals surface area (Å²) in [6, 6.07) is 0.0690. The van der Waals surface area contributed by atoms with Crippen LogP contribution in [0.25, 0.3) is 0 Å². The Morgan fingerprint density at radius 3 is 3.07 bits per heavy atom. The van der Waals surface area contributed by atoms with Gasteiger partial charge in [-0.3, -0.25) is 0 Å². The number of aliphatic hydroxyl groups is 1. The van der Waals surface area contributed by atoms with Crippen LogP contribution < -0.4 is 5.32 Å². The smallest absolute Gasteiger partial charge is 0.0638 e. The van der Waals surface area contributed by atoms with E-state index in [-0.39, 0.29) is 12.6 Å². The topological polar surface area (TPSA) is 50.7 Å². The van der Waals surface area contributed by atoms with Gasteiger partial charge in [-0.25, -0.2) is 0 Å². The second-order valence-electron chi connectivity index (χ2n) is 4.07. The largest absolute Gasteiger partial charge is 0.395 e. The second-order valence-corrected chi connectivity index (χ2v) is 4.07. The van der Waals surface area contributed by atoms with Gasteiger partial charge < -0.3 is 19.9 Å². The summed E-state index contributed by atoms with van der Waals surface area (Å²) < 4.78 is 10.5. The fourth-order valence-corrected chi connectivity index (χ4v) is 1.89. The first-order valence-electron chi connectivity index (χ1n) is 5.81. The molecule has 0 spiro atoms. The van der Waals surface area contributed by atoms with Crippen molar-refractivity contribution in [2.75, 3.05) is 33.5 Å². The van der Waals surface area contributed by atoms with E-state index in [1.54, 1.807) is 7.11 Å². The van der Waals surface area contributed by atoms with E-state index >= 15 is 0 Å². The van der Waals surface area contributed by atoms with Gasteiger partial charge in [0.2, 0.25) is 0 Å². The Kier molecular flexibility index (Phi) is 6.92. The average molecular weight is 217 g/mol. The van der Waals surface area contributed by atoms with Crippen LogP contribution in [0.3, 0.4) is 0 Å². The number of hydrogen-bond acceptors (Lipinski definition) is 4. The summed E-state index contributed by atoms with van der Waals surface area (Å²) in [5.41, 5.74) is 0. The second kappa shape index (κ2) is 8.05. The maximum atomic E-state index is 9.00. The minimum absolute atomic E-state index is 0.0690. The Morgan fingerprint density at radius 2 is 2.47 bits per heavy atom. The molecule has 0 aromatic rings. The molecule has 0 aliphatic carbocycles. The zero-order valence-corrected chi connectivity index (χ0v) is 9.58. The highest BCUT2D eigenvalue weighted by atomic mass is 16.5. The first kappa shape index (κ1) is 12.9. The van der Waals surface area contributed by atoms with Crippen LogP contribution in [-0.2, 0) is 9.47 Å². The van der Waals surface area contributed by atoms with E-state index in [1.807, 2.05) is 0 Å². The molecule has 2 atom stereocenters. The van der Waals surface area contributed by atoms with E-state index in [4.69, 9.17) is 14.6 Å². The van der Waals surface area contributed by atoms with Crippen LogP contribution in [0.4, 0.5) is 0 Å². The zero-order valence-electron chi connectivity index (χ0n) is 9.58. The summed E-state index contributed by atoms with van der Waals surface area (Å²) in [5.74, 6) is 0. The van der Waals surface area contributed by atoms with Crippen molar-refractivity contribution in [1.82, 2.24) is 5.32 Å². The Hall–Kier alpha value is -0.160. The fraction of sp³-hybridized carbons (Fsp3) is 1.00. The molecule has 0 bridgehead atoms. The lowest BCUT2D eigenvalue weighted by atomic mass is 10.1. The molecule has 1 rings (SSSR count). The molecule has 1 saturated heterocycles. The van der Waals surface area contributed by atoms with Crippen molar-refractivity contribution in [1.29, 1.82) is 0 Å². The molecule has 0 aromatic carbocycles. The van der Waals surface area contributed by atoms with E-state index in [1.165, 1.54) is 12.8 Å². The van der Waals surface area contributed by atoms with Gasteiger partial charge in [0.05, 0.1) is 25.4 Å². The Labute approximate surface area is 92.0 Å². The highest BCUT2D eigenvalue weighted by Crippen LogP contribution is 2.16. The van der Waals surface area contributed by atoms with Crippen molar-refractivity contribution >= 4 is 0 Å². The van der Waals surface area contributed by atoms with Crippen LogP contribution in [-0.4, -0.2) is 50.7 Å². The number of aliphatic hydroxyl groups excluding tert-OH is 1. The van der Waals surface area contributed by atoms with Crippen molar-refractivity contribution in [2.24, 2.45) is 0 Å². The average Bonchev–Trinajstić information content (AvgIpc) is 2.75. The highest BCUT2D eigenvalue weighted by Gasteiger charge is 2.14. The third-order valence-electron chi connectivity index (χ3n) is 2.75. The summed E-state index contributed by atoms with van der Waals surface area (Å²) in [7, 11) is 1.65. The lowest BCUT2D eigenvalue weighted by molar-refractivity contribution is 0.0999. The van der Waals surface area contributed by atoms with Crippen LogP contribution in [0, 0.1) is 0 Å². The van der Waals surface area contributed by atoms with Gasteiger partial charge in [-0.05, 0) is 32.2 Å². The number of rotatable bonds is 8. The Morgan fingerprint density at radius 1 is 1.60 bits per heavy atom. The molecule has 0 radical (unpaired) electrons. The van der Waals surface area contributed by atoms with E-state index in [0.29, 0.717) is 12.7 Å². The number of ether oxygens (including phenoxy) is 2. The molecule has 1 aliphatic heterocycles. The minimum Gasteiger partial charge on any atom is -0.395 e. The summed E-state index contributed by atoms with van der Waals surface area (Å²) in [6.07, 6.45) is 5.12. The highest BCUT2D eigenvalue weighted by molar-refractivity contribution is 4.68. The molecule has 0 amide bonds. The van der Waals surface area contributed by atoms with Crippen LogP contribution >= 0.6 is 0 Å². The standard InChI is InChI=1S/C11H23NO3/c1-14-9-10(8-13)12-6-2-4-11-5-3-7-15-11/h10-13H,2-9H2,1H3. The van der Waals surface area contributed by atoms with E-state index in [9.17, 15) is 0 Å². The van der Waals surface area contributed by atoms with Gasteiger partial charge in [0.25, 0.3) is 0 Å². The van der Waals surface area contributed by atoms with Crippen molar-refractivity contribution in [2.45, 2.75) is 37.8 Å². The number of hydrogen-bond donors (Lipinski definition) is 2. The summed E-state index contributed by atoms with van der Waals surface area (Å²) in [5, 5.41) is 12.3. The van der Waals surface area contributed by atoms with Crippen LogP contribution in [0.1, 0.15) is 25.7 Å². The SMILES string of the molecule is COCC(CO)NCCCC1CCCO1. The Bertz CT molecular complexity index is 149. The molecular weight excluding hydrogens is 194 g/mol. The monoisotopic (exact) mass is 217 g/mol. The van der Waals surface area contributed by atoms with Gasteiger partial charge in [0, 0.05) is 13.7 Å². The molecule has 1 fully saturated rings. The molecule has 1 aliphatic rings. The molecule has 2 N–H and O–H groups in total. The lowest BCUT2D eigenvalue weighted by Crippen LogP contribution is -2.37. The Balaban J connectivity index is 1.94. The van der Waals surface area contributed by atoms with Crippen molar-refractivity contribution in [3.8, 4) is 0 Å². The van der Waals surface area contributed by atoms with Gasteiger partial charge in [-0.2, -0.15) is 0 Å². The predicted octanol–water partition coefficient (Wildman–Crippen LogP) is 0.542. The van der Waals surface area contributed by atoms with Crippen molar-refractivity contribution in [3.05, 3.63) is 0 Å². The molecular formula is C11H23NO3. The normalized spacial score (nSPS) is 23.2. The van der Waals surface area contributed by atoms with E-state index < -0.39 is 0 Å². The zero-order chi connectivity index (χ0) is 10.9. The summed E-state index contributed by atoms with van der Waals surface area (Å²) >= 11 is 0. The molecule has 15 heavy (non-hydrogen) atoms. The predicted molar refractivity (Wildman–Crippen MR) is 59.0 cm³/mol.